The van der Waals surface area contributed by atoms with E-state index in [2.05, 4.69) is 9.72 Å². The van der Waals surface area contributed by atoms with E-state index in [4.69, 9.17) is 0 Å². The number of ether oxygens (including phenoxy) is 1. The van der Waals surface area contributed by atoms with E-state index in [9.17, 15) is 18.4 Å². The molecule has 0 saturated carbocycles. The Morgan fingerprint density at radius 2 is 2.12 bits per heavy atom. The Morgan fingerprint density at radius 3 is 2.65 bits per heavy atom. The molecule has 0 amide bonds. The first-order chi connectivity index (χ1) is 7.91. The summed E-state index contributed by atoms with van der Waals surface area (Å²) < 4.78 is 31.0. The molecule has 92 valence electrons. The summed E-state index contributed by atoms with van der Waals surface area (Å²) in [5.74, 6) is -7.57. The quantitative estimate of drug-likeness (QED) is 0.459. The summed E-state index contributed by atoms with van der Waals surface area (Å²) in [7, 11) is 0. The van der Waals surface area contributed by atoms with Gasteiger partial charge in [-0.05, 0) is 25.5 Å². The summed E-state index contributed by atoms with van der Waals surface area (Å²) in [4.78, 5) is 26.2. The molecule has 1 heterocycles. The van der Waals surface area contributed by atoms with Crippen molar-refractivity contribution in [2.24, 2.45) is 0 Å². The molecule has 0 aromatic carbocycles. The first-order valence-electron chi connectivity index (χ1n) is 4.91. The van der Waals surface area contributed by atoms with Crippen LogP contribution in [0.5, 0.6) is 0 Å². The molecule has 0 fully saturated rings. The molecule has 0 spiro atoms. The largest absolute Gasteiger partial charge is 0.461 e. The number of aromatic nitrogens is 1. The number of carbonyl (C=O) groups excluding carboxylic acids is 2. The van der Waals surface area contributed by atoms with Crippen molar-refractivity contribution in [2.45, 2.75) is 19.8 Å². The van der Waals surface area contributed by atoms with Gasteiger partial charge in [0.2, 0.25) is 5.78 Å². The zero-order valence-electron chi connectivity index (χ0n) is 9.37. The molecule has 0 aliphatic carbocycles. The highest BCUT2D eigenvalue weighted by atomic mass is 19.3. The summed E-state index contributed by atoms with van der Waals surface area (Å²) in [6.07, 6.45) is 2.48. The molecule has 17 heavy (non-hydrogen) atoms. The van der Waals surface area contributed by atoms with E-state index < -0.39 is 17.7 Å². The zero-order valence-corrected chi connectivity index (χ0v) is 9.37. The van der Waals surface area contributed by atoms with Gasteiger partial charge in [-0.3, -0.25) is 9.78 Å². The van der Waals surface area contributed by atoms with E-state index in [1.165, 1.54) is 26.2 Å². The number of alkyl halides is 2. The average Bonchev–Trinajstić information content (AvgIpc) is 2.29. The van der Waals surface area contributed by atoms with E-state index >= 15 is 0 Å². The second-order valence-corrected chi connectivity index (χ2v) is 3.31. The van der Waals surface area contributed by atoms with Gasteiger partial charge in [0.05, 0.1) is 6.61 Å². The Kier molecular flexibility index (Phi) is 3.88. The van der Waals surface area contributed by atoms with Crippen molar-refractivity contribution in [1.29, 1.82) is 0 Å². The van der Waals surface area contributed by atoms with Crippen LogP contribution in [0.25, 0.3) is 0 Å². The number of ketones is 1. The van der Waals surface area contributed by atoms with Gasteiger partial charge in [0.15, 0.2) is 0 Å². The van der Waals surface area contributed by atoms with Crippen LogP contribution in [0.4, 0.5) is 8.78 Å². The standard InChI is InChI=1S/C11H11F2NO3/c1-3-17-10(16)11(12,13)9(15)8-4-5-14-6-7(8)2/h4-6H,3H2,1-2H3. The van der Waals surface area contributed by atoms with Crippen LogP contribution in [-0.2, 0) is 9.53 Å². The minimum atomic E-state index is -4.16. The number of hydrogen-bond acceptors (Lipinski definition) is 4. The van der Waals surface area contributed by atoms with Crippen molar-refractivity contribution in [3.05, 3.63) is 29.6 Å². The van der Waals surface area contributed by atoms with E-state index in [1.54, 1.807) is 0 Å². The van der Waals surface area contributed by atoms with Crippen LogP contribution in [-0.4, -0.2) is 29.3 Å². The van der Waals surface area contributed by atoms with E-state index in [-0.39, 0.29) is 17.7 Å². The summed E-state index contributed by atoms with van der Waals surface area (Å²) in [6, 6.07) is 1.14. The van der Waals surface area contributed by atoms with Gasteiger partial charge in [0.1, 0.15) is 0 Å². The molecule has 0 aliphatic heterocycles. The Bertz CT molecular complexity index is 446. The predicted molar refractivity (Wildman–Crippen MR) is 54.9 cm³/mol. The third-order valence-electron chi connectivity index (χ3n) is 2.08. The lowest BCUT2D eigenvalue weighted by Crippen LogP contribution is -2.39. The zero-order chi connectivity index (χ0) is 13.1. The van der Waals surface area contributed by atoms with Gasteiger partial charge in [-0.15, -0.1) is 0 Å². The number of nitrogens with zero attached hydrogens (tertiary/aromatic N) is 1. The third kappa shape index (κ3) is 2.64. The highest BCUT2D eigenvalue weighted by Crippen LogP contribution is 2.23. The number of hydrogen-bond donors (Lipinski definition) is 0. The maximum atomic E-state index is 13.4. The number of carbonyl (C=O) groups is 2. The lowest BCUT2D eigenvalue weighted by atomic mass is 10.0. The Labute approximate surface area is 96.6 Å². The molecular weight excluding hydrogens is 232 g/mol. The summed E-state index contributed by atoms with van der Waals surface area (Å²) in [6.45, 7) is 2.63. The highest BCUT2D eigenvalue weighted by molar-refractivity contribution is 6.14. The molecule has 0 bridgehead atoms. The maximum absolute atomic E-state index is 13.4. The van der Waals surface area contributed by atoms with Gasteiger partial charge in [-0.2, -0.15) is 8.78 Å². The van der Waals surface area contributed by atoms with Crippen LogP contribution in [0.1, 0.15) is 22.8 Å². The lowest BCUT2D eigenvalue weighted by Gasteiger charge is -2.14. The molecule has 1 rings (SSSR count). The summed E-state index contributed by atoms with van der Waals surface area (Å²) >= 11 is 0. The topological polar surface area (TPSA) is 56.3 Å². The van der Waals surface area contributed by atoms with Crippen molar-refractivity contribution >= 4 is 11.8 Å². The van der Waals surface area contributed by atoms with Gasteiger partial charge in [0, 0.05) is 18.0 Å². The summed E-state index contributed by atoms with van der Waals surface area (Å²) in [5, 5.41) is 0. The fourth-order valence-electron chi connectivity index (χ4n) is 1.21. The third-order valence-corrected chi connectivity index (χ3v) is 2.08. The highest BCUT2D eigenvalue weighted by Gasteiger charge is 2.49. The molecule has 4 nitrogen and oxygen atoms in total. The molecular formula is C11H11F2NO3. The minimum absolute atomic E-state index is 0.211. The number of aryl methyl sites for hydroxylation is 1. The number of rotatable bonds is 4. The van der Waals surface area contributed by atoms with Crippen molar-refractivity contribution in [2.75, 3.05) is 6.61 Å². The Morgan fingerprint density at radius 1 is 1.47 bits per heavy atom. The van der Waals surface area contributed by atoms with Crippen molar-refractivity contribution < 1.29 is 23.1 Å². The second kappa shape index (κ2) is 4.99. The summed E-state index contributed by atoms with van der Waals surface area (Å²) in [5.41, 5.74) is 0.0412. The van der Waals surface area contributed by atoms with Crippen molar-refractivity contribution in [3.8, 4) is 0 Å². The van der Waals surface area contributed by atoms with Gasteiger partial charge in [0.25, 0.3) is 0 Å². The van der Waals surface area contributed by atoms with Crippen LogP contribution in [0.2, 0.25) is 0 Å². The maximum Gasteiger partial charge on any atom is 0.404 e. The molecule has 6 heteroatoms. The first-order valence-corrected chi connectivity index (χ1v) is 4.91. The SMILES string of the molecule is CCOC(=O)C(F)(F)C(=O)c1ccncc1C. The van der Waals surface area contributed by atoms with E-state index in [0.29, 0.717) is 0 Å². The van der Waals surface area contributed by atoms with E-state index in [0.717, 1.165) is 6.07 Å². The number of esters is 1. The lowest BCUT2D eigenvalue weighted by molar-refractivity contribution is -0.164. The second-order valence-electron chi connectivity index (χ2n) is 3.31. The van der Waals surface area contributed by atoms with E-state index in [1.807, 2.05) is 0 Å². The monoisotopic (exact) mass is 243 g/mol. The first kappa shape index (κ1) is 13.2. The molecule has 1 aromatic heterocycles. The molecule has 1 aromatic rings. The molecule has 0 aliphatic rings. The van der Waals surface area contributed by atoms with Crippen LogP contribution in [0, 0.1) is 6.92 Å². The van der Waals surface area contributed by atoms with Crippen molar-refractivity contribution in [3.63, 3.8) is 0 Å². The predicted octanol–water partition coefficient (Wildman–Crippen LogP) is 1.77. The van der Waals surface area contributed by atoms with Gasteiger partial charge in [-0.25, -0.2) is 4.79 Å². The normalized spacial score (nSPS) is 11.1. The Balaban J connectivity index is 3.05. The Hall–Kier alpha value is -1.85. The van der Waals surface area contributed by atoms with Gasteiger partial charge >= 0.3 is 11.9 Å². The van der Waals surface area contributed by atoms with Crippen LogP contribution >= 0.6 is 0 Å². The molecule has 0 radical (unpaired) electrons. The van der Waals surface area contributed by atoms with Crippen LogP contribution in [0.3, 0.4) is 0 Å². The number of pyridine rings is 1. The molecule has 0 atom stereocenters. The van der Waals surface area contributed by atoms with Gasteiger partial charge < -0.3 is 4.74 Å². The average molecular weight is 243 g/mol. The number of halogens is 2. The van der Waals surface area contributed by atoms with Gasteiger partial charge in [-0.1, -0.05) is 0 Å². The molecule has 0 unspecified atom stereocenters. The molecule has 0 N–H and O–H groups in total. The fraction of sp³-hybridized carbons (Fsp3) is 0.364. The van der Waals surface area contributed by atoms with Crippen LogP contribution < -0.4 is 0 Å². The minimum Gasteiger partial charge on any atom is -0.461 e. The number of Topliss-reactive ketones (excluding diaryl/α,β-unsaturated/α-hetero) is 1. The fourth-order valence-corrected chi connectivity index (χ4v) is 1.21. The van der Waals surface area contributed by atoms with Crippen molar-refractivity contribution in [1.82, 2.24) is 4.98 Å². The smallest absolute Gasteiger partial charge is 0.404 e. The molecule has 0 saturated heterocycles. The van der Waals surface area contributed by atoms with Crippen LogP contribution in [0.15, 0.2) is 18.5 Å².